The molecular formula is C12H15FN2. The monoisotopic (exact) mass is 206 g/mol. The molecule has 1 saturated carbocycles. The molecule has 15 heavy (non-hydrogen) atoms. The van der Waals surface area contributed by atoms with Crippen molar-refractivity contribution in [1.82, 2.24) is 0 Å². The maximum Gasteiger partial charge on any atom is 0.123 e. The molecule has 0 aromatic heterocycles. The molecule has 1 fully saturated rings. The molecular weight excluding hydrogens is 191 g/mol. The maximum atomic E-state index is 12.7. The van der Waals surface area contributed by atoms with E-state index in [0.717, 1.165) is 24.2 Å². The number of nitrogens with two attached hydrogens (primary N) is 1. The molecule has 0 heterocycles. The average molecular weight is 206 g/mol. The Morgan fingerprint density at radius 1 is 1.40 bits per heavy atom. The van der Waals surface area contributed by atoms with Crippen LogP contribution < -0.4 is 5.73 Å². The van der Waals surface area contributed by atoms with Crippen LogP contribution in [0.5, 0.6) is 0 Å². The Morgan fingerprint density at radius 3 is 2.53 bits per heavy atom. The average Bonchev–Trinajstić information content (AvgIpc) is 3.01. The third kappa shape index (κ3) is 2.55. The number of hydrogen-bond donors (Lipinski definition) is 1. The zero-order valence-corrected chi connectivity index (χ0v) is 8.78. The molecule has 1 aromatic carbocycles. The van der Waals surface area contributed by atoms with Gasteiger partial charge in [0.05, 0.1) is 11.9 Å². The summed E-state index contributed by atoms with van der Waals surface area (Å²) < 4.78 is 12.7. The fraction of sp³-hybridized carbons (Fsp3) is 0.417. The van der Waals surface area contributed by atoms with Crippen LogP contribution >= 0.6 is 0 Å². The molecule has 0 amide bonds. The van der Waals surface area contributed by atoms with E-state index >= 15 is 0 Å². The van der Waals surface area contributed by atoms with Gasteiger partial charge >= 0.3 is 0 Å². The third-order valence-corrected chi connectivity index (χ3v) is 2.69. The van der Waals surface area contributed by atoms with Gasteiger partial charge in [0.1, 0.15) is 5.82 Å². The van der Waals surface area contributed by atoms with Gasteiger partial charge in [-0.05, 0) is 37.5 Å². The second-order valence-corrected chi connectivity index (χ2v) is 4.06. The summed E-state index contributed by atoms with van der Waals surface area (Å²) in [4.78, 5) is 4.41. The van der Waals surface area contributed by atoms with Crippen molar-refractivity contribution in [3.8, 4) is 0 Å². The van der Waals surface area contributed by atoms with Crippen LogP contribution in [0.1, 0.15) is 31.4 Å². The molecule has 3 heteroatoms. The van der Waals surface area contributed by atoms with Gasteiger partial charge in [0.15, 0.2) is 0 Å². The van der Waals surface area contributed by atoms with Crippen molar-refractivity contribution in [3.05, 3.63) is 35.6 Å². The Morgan fingerprint density at radius 2 is 2.00 bits per heavy atom. The predicted molar refractivity (Wildman–Crippen MR) is 59.2 cm³/mol. The van der Waals surface area contributed by atoms with Gasteiger partial charge in [0.25, 0.3) is 0 Å². The molecule has 1 aromatic rings. The van der Waals surface area contributed by atoms with Gasteiger partial charge in [0, 0.05) is 5.92 Å². The number of halogens is 1. The van der Waals surface area contributed by atoms with Crippen molar-refractivity contribution in [2.24, 2.45) is 16.6 Å². The first kappa shape index (κ1) is 10.1. The lowest BCUT2D eigenvalue weighted by Crippen LogP contribution is -2.15. The Balaban J connectivity index is 2.09. The minimum Gasteiger partial charge on any atom is -0.387 e. The largest absolute Gasteiger partial charge is 0.387 e. The van der Waals surface area contributed by atoms with Crippen LogP contribution in [0.25, 0.3) is 0 Å². The standard InChI is InChI=1S/C12H15FN2/c1-8(15-12(14)10-2-3-10)9-4-6-11(13)7-5-9/h4-8,10H,2-3H2,1H3,(H2,14,15). The first-order chi connectivity index (χ1) is 7.16. The van der Waals surface area contributed by atoms with Crippen LogP contribution in [0, 0.1) is 11.7 Å². The second-order valence-electron chi connectivity index (χ2n) is 4.06. The van der Waals surface area contributed by atoms with Gasteiger partial charge in [-0.25, -0.2) is 4.39 Å². The van der Waals surface area contributed by atoms with Crippen molar-refractivity contribution in [3.63, 3.8) is 0 Å². The van der Waals surface area contributed by atoms with E-state index in [1.165, 1.54) is 12.1 Å². The van der Waals surface area contributed by atoms with Crippen molar-refractivity contribution in [2.45, 2.75) is 25.8 Å². The second kappa shape index (κ2) is 4.01. The van der Waals surface area contributed by atoms with Crippen molar-refractivity contribution < 1.29 is 4.39 Å². The molecule has 2 N–H and O–H groups in total. The van der Waals surface area contributed by atoms with Crippen LogP contribution in [0.15, 0.2) is 29.3 Å². The van der Waals surface area contributed by atoms with Crippen LogP contribution in [-0.4, -0.2) is 5.84 Å². The molecule has 0 bridgehead atoms. The number of aliphatic imine (C=N–C) groups is 1. The predicted octanol–water partition coefficient (Wildman–Crippen LogP) is 2.65. The molecule has 1 aliphatic rings. The Labute approximate surface area is 89.0 Å². The number of amidine groups is 1. The summed E-state index contributed by atoms with van der Waals surface area (Å²) in [7, 11) is 0. The van der Waals surface area contributed by atoms with E-state index in [-0.39, 0.29) is 11.9 Å². The molecule has 0 saturated heterocycles. The van der Waals surface area contributed by atoms with E-state index in [1.807, 2.05) is 6.92 Å². The topological polar surface area (TPSA) is 38.4 Å². The number of nitrogens with zero attached hydrogens (tertiary/aromatic N) is 1. The van der Waals surface area contributed by atoms with Crippen LogP contribution in [0.2, 0.25) is 0 Å². The van der Waals surface area contributed by atoms with E-state index in [2.05, 4.69) is 4.99 Å². The summed E-state index contributed by atoms with van der Waals surface area (Å²) in [5.74, 6) is 1.02. The minimum absolute atomic E-state index is 0.0196. The Hall–Kier alpha value is -1.38. The fourth-order valence-electron chi connectivity index (χ4n) is 1.52. The summed E-state index contributed by atoms with van der Waals surface area (Å²) in [5.41, 5.74) is 6.82. The van der Waals surface area contributed by atoms with E-state index < -0.39 is 0 Å². The van der Waals surface area contributed by atoms with Gasteiger partial charge in [-0.2, -0.15) is 0 Å². The van der Waals surface area contributed by atoms with Crippen LogP contribution in [0.4, 0.5) is 4.39 Å². The highest BCUT2D eigenvalue weighted by Gasteiger charge is 2.25. The lowest BCUT2D eigenvalue weighted by atomic mass is 10.1. The summed E-state index contributed by atoms with van der Waals surface area (Å²) in [5, 5.41) is 0. The number of benzene rings is 1. The normalized spacial score (nSPS) is 18.9. The van der Waals surface area contributed by atoms with Gasteiger partial charge in [0.2, 0.25) is 0 Å². The molecule has 1 aliphatic carbocycles. The Kier molecular flexibility index (Phi) is 2.71. The van der Waals surface area contributed by atoms with E-state index in [0.29, 0.717) is 5.92 Å². The zero-order valence-electron chi connectivity index (χ0n) is 8.78. The highest BCUT2D eigenvalue weighted by Crippen LogP contribution is 2.30. The van der Waals surface area contributed by atoms with E-state index in [4.69, 9.17) is 5.73 Å². The molecule has 0 spiro atoms. The quantitative estimate of drug-likeness (QED) is 0.599. The first-order valence-electron chi connectivity index (χ1n) is 5.25. The lowest BCUT2D eigenvalue weighted by molar-refractivity contribution is 0.626. The summed E-state index contributed by atoms with van der Waals surface area (Å²) in [6.07, 6.45) is 2.32. The molecule has 0 radical (unpaired) electrons. The summed E-state index contributed by atoms with van der Waals surface area (Å²) >= 11 is 0. The highest BCUT2D eigenvalue weighted by atomic mass is 19.1. The maximum absolute atomic E-state index is 12.7. The van der Waals surface area contributed by atoms with Crippen molar-refractivity contribution in [2.75, 3.05) is 0 Å². The molecule has 1 atom stereocenters. The molecule has 0 aliphatic heterocycles. The van der Waals surface area contributed by atoms with Gasteiger partial charge in [-0.1, -0.05) is 12.1 Å². The molecule has 2 nitrogen and oxygen atoms in total. The molecule has 80 valence electrons. The number of hydrogen-bond acceptors (Lipinski definition) is 1. The summed E-state index contributed by atoms with van der Waals surface area (Å²) in [6, 6.07) is 6.43. The molecule has 2 rings (SSSR count). The fourth-order valence-corrected chi connectivity index (χ4v) is 1.52. The lowest BCUT2D eigenvalue weighted by Gasteiger charge is -2.08. The van der Waals surface area contributed by atoms with Crippen LogP contribution in [0.3, 0.4) is 0 Å². The van der Waals surface area contributed by atoms with E-state index in [9.17, 15) is 4.39 Å². The zero-order chi connectivity index (χ0) is 10.8. The smallest absolute Gasteiger partial charge is 0.123 e. The highest BCUT2D eigenvalue weighted by molar-refractivity contribution is 5.85. The van der Waals surface area contributed by atoms with Crippen molar-refractivity contribution >= 4 is 5.84 Å². The summed E-state index contributed by atoms with van der Waals surface area (Å²) in [6.45, 7) is 1.97. The van der Waals surface area contributed by atoms with Crippen LogP contribution in [-0.2, 0) is 0 Å². The van der Waals surface area contributed by atoms with Gasteiger partial charge in [-0.15, -0.1) is 0 Å². The van der Waals surface area contributed by atoms with Gasteiger partial charge in [-0.3, -0.25) is 4.99 Å². The van der Waals surface area contributed by atoms with Crippen molar-refractivity contribution in [1.29, 1.82) is 0 Å². The minimum atomic E-state index is -0.218. The number of rotatable bonds is 3. The SMILES string of the molecule is CC(N=C(N)C1CC1)c1ccc(F)cc1. The molecule has 1 unspecified atom stereocenters. The third-order valence-electron chi connectivity index (χ3n) is 2.69. The van der Waals surface area contributed by atoms with E-state index in [1.54, 1.807) is 12.1 Å². The first-order valence-corrected chi connectivity index (χ1v) is 5.25. The van der Waals surface area contributed by atoms with Gasteiger partial charge < -0.3 is 5.73 Å². The Bertz CT molecular complexity index is 366.